The van der Waals surface area contributed by atoms with Gasteiger partial charge >= 0.3 is 0 Å². The van der Waals surface area contributed by atoms with Crippen LogP contribution < -0.4 is 5.32 Å². The second-order valence-corrected chi connectivity index (χ2v) is 6.15. The lowest BCUT2D eigenvalue weighted by Crippen LogP contribution is -2.14. The van der Waals surface area contributed by atoms with Crippen molar-refractivity contribution >= 4 is 23.4 Å². The number of amides is 1. The number of aryl methyl sites for hydroxylation is 1. The average molecular weight is 320 g/mol. The van der Waals surface area contributed by atoms with E-state index in [0.29, 0.717) is 5.69 Å². The van der Waals surface area contributed by atoms with Gasteiger partial charge in [0.05, 0.1) is 5.75 Å². The summed E-state index contributed by atoms with van der Waals surface area (Å²) in [6.07, 6.45) is 4.41. The van der Waals surface area contributed by atoms with Gasteiger partial charge in [-0.05, 0) is 31.0 Å². The van der Waals surface area contributed by atoms with Crippen molar-refractivity contribution < 1.29 is 9.18 Å². The van der Waals surface area contributed by atoms with Crippen LogP contribution in [0.15, 0.2) is 29.4 Å². The minimum atomic E-state index is -0.367. The minimum Gasteiger partial charge on any atom is -0.325 e. The molecule has 7 heteroatoms. The van der Waals surface area contributed by atoms with Crippen LogP contribution in [-0.4, -0.2) is 26.4 Å². The van der Waals surface area contributed by atoms with Crippen LogP contribution in [0.3, 0.4) is 0 Å². The number of thioether (sulfide) groups is 1. The van der Waals surface area contributed by atoms with E-state index in [0.717, 1.165) is 36.8 Å². The van der Waals surface area contributed by atoms with E-state index >= 15 is 0 Å². The Kier molecular flexibility index (Phi) is 4.72. The second kappa shape index (κ2) is 6.91. The molecule has 1 aromatic heterocycles. The Balaban J connectivity index is 1.58. The van der Waals surface area contributed by atoms with Gasteiger partial charge in [0.25, 0.3) is 0 Å². The summed E-state index contributed by atoms with van der Waals surface area (Å²) in [6, 6.07) is 5.87. The first kappa shape index (κ1) is 15.0. The summed E-state index contributed by atoms with van der Waals surface area (Å²) < 4.78 is 15.2. The van der Waals surface area contributed by atoms with E-state index in [-0.39, 0.29) is 17.5 Å². The first-order chi connectivity index (χ1) is 10.7. The molecule has 22 heavy (non-hydrogen) atoms. The highest BCUT2D eigenvalue weighted by Gasteiger charge is 2.16. The van der Waals surface area contributed by atoms with Gasteiger partial charge in [-0.2, -0.15) is 0 Å². The Hall–Kier alpha value is -1.89. The third-order valence-corrected chi connectivity index (χ3v) is 4.48. The van der Waals surface area contributed by atoms with Crippen molar-refractivity contribution in [3.8, 4) is 0 Å². The first-order valence-electron chi connectivity index (χ1n) is 7.33. The highest BCUT2D eigenvalue weighted by molar-refractivity contribution is 7.99. The molecule has 2 heterocycles. The van der Waals surface area contributed by atoms with Gasteiger partial charge in [-0.25, -0.2) is 4.39 Å². The number of anilines is 1. The van der Waals surface area contributed by atoms with Gasteiger partial charge in [0.1, 0.15) is 11.6 Å². The molecular formula is C15H17FN4OS. The van der Waals surface area contributed by atoms with E-state index in [1.165, 1.54) is 30.3 Å². The van der Waals surface area contributed by atoms with Crippen molar-refractivity contribution in [2.75, 3.05) is 11.1 Å². The Morgan fingerprint density at radius 1 is 1.32 bits per heavy atom. The highest BCUT2D eigenvalue weighted by atomic mass is 32.2. The van der Waals surface area contributed by atoms with Crippen LogP contribution in [0.25, 0.3) is 0 Å². The fourth-order valence-corrected chi connectivity index (χ4v) is 3.24. The third-order valence-electron chi connectivity index (χ3n) is 3.52. The fourth-order valence-electron chi connectivity index (χ4n) is 2.46. The third kappa shape index (κ3) is 3.65. The lowest BCUT2D eigenvalue weighted by Gasteiger charge is -2.07. The number of carbonyl (C=O) groups is 1. The lowest BCUT2D eigenvalue weighted by molar-refractivity contribution is -0.113. The second-order valence-electron chi connectivity index (χ2n) is 5.21. The van der Waals surface area contributed by atoms with Gasteiger partial charge in [-0.1, -0.05) is 24.2 Å². The summed E-state index contributed by atoms with van der Waals surface area (Å²) >= 11 is 1.37. The van der Waals surface area contributed by atoms with Crippen molar-refractivity contribution in [2.24, 2.45) is 0 Å². The predicted octanol–water partition coefficient (Wildman–Crippen LogP) is 2.87. The maximum Gasteiger partial charge on any atom is 0.234 e. The van der Waals surface area contributed by atoms with Crippen molar-refractivity contribution in [1.82, 2.24) is 14.8 Å². The molecule has 1 aromatic carbocycles. The molecule has 0 spiro atoms. The van der Waals surface area contributed by atoms with Crippen LogP contribution in [-0.2, 0) is 17.8 Å². The van der Waals surface area contributed by atoms with Gasteiger partial charge in [-0.3, -0.25) is 4.79 Å². The molecule has 2 aromatic rings. The lowest BCUT2D eigenvalue weighted by atomic mass is 10.2. The molecule has 0 saturated heterocycles. The number of nitrogens with one attached hydrogen (secondary N) is 1. The SMILES string of the molecule is O=C(CSc1nnc2n1CCCCC2)Nc1cccc(F)c1. The molecule has 3 rings (SSSR count). The van der Waals surface area contributed by atoms with Crippen molar-refractivity contribution in [3.63, 3.8) is 0 Å². The highest BCUT2D eigenvalue weighted by Crippen LogP contribution is 2.22. The molecule has 5 nitrogen and oxygen atoms in total. The zero-order chi connectivity index (χ0) is 15.4. The smallest absolute Gasteiger partial charge is 0.234 e. The van der Waals surface area contributed by atoms with E-state index in [1.54, 1.807) is 12.1 Å². The number of rotatable bonds is 4. The number of hydrogen-bond acceptors (Lipinski definition) is 4. The normalized spacial score (nSPS) is 14.2. The fraction of sp³-hybridized carbons (Fsp3) is 0.400. The quantitative estimate of drug-likeness (QED) is 0.880. The van der Waals surface area contributed by atoms with Gasteiger partial charge in [-0.15, -0.1) is 10.2 Å². The summed E-state index contributed by atoms with van der Waals surface area (Å²) in [7, 11) is 0. The molecular weight excluding hydrogens is 303 g/mol. The molecule has 0 saturated carbocycles. The molecule has 1 aliphatic rings. The number of hydrogen-bond donors (Lipinski definition) is 1. The largest absolute Gasteiger partial charge is 0.325 e. The van der Waals surface area contributed by atoms with Gasteiger partial charge in [0, 0.05) is 18.7 Å². The Labute approximate surface area is 132 Å². The molecule has 0 unspecified atom stereocenters. The summed E-state index contributed by atoms with van der Waals surface area (Å²) in [5.74, 6) is 0.689. The molecule has 0 atom stereocenters. The molecule has 1 N–H and O–H groups in total. The van der Waals surface area contributed by atoms with E-state index < -0.39 is 0 Å². The Morgan fingerprint density at radius 2 is 2.23 bits per heavy atom. The Morgan fingerprint density at radius 3 is 3.09 bits per heavy atom. The van der Waals surface area contributed by atoms with E-state index in [2.05, 4.69) is 20.1 Å². The van der Waals surface area contributed by atoms with Crippen LogP contribution in [0, 0.1) is 5.82 Å². The number of halogens is 1. The van der Waals surface area contributed by atoms with Crippen molar-refractivity contribution in [3.05, 3.63) is 35.9 Å². The number of nitrogens with zero attached hydrogens (tertiary/aromatic N) is 3. The van der Waals surface area contributed by atoms with Crippen molar-refractivity contribution in [2.45, 2.75) is 37.4 Å². The van der Waals surface area contributed by atoms with Crippen LogP contribution in [0.4, 0.5) is 10.1 Å². The average Bonchev–Trinajstić information content (AvgIpc) is 2.72. The zero-order valence-corrected chi connectivity index (χ0v) is 12.9. The molecule has 1 amide bonds. The Bertz CT molecular complexity index is 673. The van der Waals surface area contributed by atoms with E-state index in [4.69, 9.17) is 0 Å². The first-order valence-corrected chi connectivity index (χ1v) is 8.31. The van der Waals surface area contributed by atoms with Crippen molar-refractivity contribution in [1.29, 1.82) is 0 Å². The molecule has 0 fully saturated rings. The predicted molar refractivity (Wildman–Crippen MR) is 83.3 cm³/mol. The molecule has 116 valence electrons. The summed E-state index contributed by atoms with van der Waals surface area (Å²) in [6.45, 7) is 0.913. The van der Waals surface area contributed by atoms with E-state index in [9.17, 15) is 9.18 Å². The molecule has 1 aliphatic heterocycles. The topological polar surface area (TPSA) is 59.8 Å². The number of fused-ring (bicyclic) bond motifs is 1. The standard InChI is InChI=1S/C15H17FN4OS/c16-11-5-4-6-12(9-11)17-14(21)10-22-15-19-18-13-7-2-1-3-8-20(13)15/h4-6,9H,1-3,7-8,10H2,(H,17,21). The maximum atomic E-state index is 13.1. The van der Waals surface area contributed by atoms with Gasteiger partial charge in [0.15, 0.2) is 5.16 Å². The zero-order valence-electron chi connectivity index (χ0n) is 12.1. The van der Waals surface area contributed by atoms with Gasteiger partial charge in [0.2, 0.25) is 5.91 Å². The molecule has 0 radical (unpaired) electrons. The summed E-state index contributed by atoms with van der Waals surface area (Å²) in [4.78, 5) is 11.9. The van der Waals surface area contributed by atoms with Crippen LogP contribution >= 0.6 is 11.8 Å². The molecule has 0 aliphatic carbocycles. The van der Waals surface area contributed by atoms with Gasteiger partial charge < -0.3 is 9.88 Å². The van der Waals surface area contributed by atoms with Crippen LogP contribution in [0.1, 0.15) is 25.1 Å². The summed E-state index contributed by atoms with van der Waals surface area (Å²) in [5.41, 5.74) is 0.464. The molecule has 0 bridgehead atoms. The van der Waals surface area contributed by atoms with Crippen LogP contribution in [0.2, 0.25) is 0 Å². The summed E-state index contributed by atoms with van der Waals surface area (Å²) in [5, 5.41) is 11.8. The van der Waals surface area contributed by atoms with E-state index in [1.807, 2.05) is 0 Å². The monoisotopic (exact) mass is 320 g/mol. The number of aromatic nitrogens is 3. The minimum absolute atomic E-state index is 0.179. The number of benzene rings is 1. The van der Waals surface area contributed by atoms with Crippen LogP contribution in [0.5, 0.6) is 0 Å². The maximum absolute atomic E-state index is 13.1. The number of carbonyl (C=O) groups excluding carboxylic acids is 1.